The number of para-hydroxylation sites is 1. The molecule has 0 radical (unpaired) electrons. The maximum Gasteiger partial charge on any atom is 0.412 e. The van der Waals surface area contributed by atoms with Crippen molar-refractivity contribution in [1.82, 2.24) is 0 Å². The van der Waals surface area contributed by atoms with Gasteiger partial charge in [0.25, 0.3) is 0 Å². The summed E-state index contributed by atoms with van der Waals surface area (Å²) in [5, 5.41) is 9.28. The van der Waals surface area contributed by atoms with Crippen LogP contribution in [0.4, 0.5) is 10.5 Å². The van der Waals surface area contributed by atoms with Gasteiger partial charge in [-0.15, -0.1) is 6.58 Å². The highest BCUT2D eigenvalue weighted by molar-refractivity contribution is 5.89. The number of rotatable bonds is 3. The lowest BCUT2D eigenvalue weighted by atomic mass is 10.1. The van der Waals surface area contributed by atoms with Gasteiger partial charge < -0.3 is 14.6 Å². The number of amides is 1. The third kappa shape index (κ3) is 2.71. The van der Waals surface area contributed by atoms with Crippen molar-refractivity contribution in [1.29, 1.82) is 0 Å². The lowest BCUT2D eigenvalue weighted by Crippen LogP contribution is -2.37. The van der Waals surface area contributed by atoms with Crippen LogP contribution in [0.25, 0.3) is 0 Å². The summed E-state index contributed by atoms with van der Waals surface area (Å²) in [7, 11) is 0. The van der Waals surface area contributed by atoms with Gasteiger partial charge in [0.1, 0.15) is 0 Å². The SMILES string of the molecule is C=CCN(C(=O)O)c1cccc2c1OC(C)(C)OC2. The number of carboxylic acid groups (broad SMARTS) is 1. The second kappa shape index (κ2) is 4.93. The molecule has 0 saturated carbocycles. The van der Waals surface area contributed by atoms with Crippen LogP contribution in [0.15, 0.2) is 30.9 Å². The smallest absolute Gasteiger partial charge is 0.412 e. The van der Waals surface area contributed by atoms with E-state index in [1.165, 1.54) is 11.0 Å². The Hall–Kier alpha value is -2.01. The molecule has 1 heterocycles. The van der Waals surface area contributed by atoms with E-state index in [1.54, 1.807) is 26.0 Å². The standard InChI is InChI=1S/C14H17NO4/c1-4-8-15(13(16)17)11-7-5-6-10-9-18-14(2,3)19-12(10)11/h4-7H,1,8-9H2,2-3H3,(H,16,17). The van der Waals surface area contributed by atoms with Crippen molar-refractivity contribution in [2.45, 2.75) is 26.2 Å². The number of anilines is 1. The number of benzene rings is 1. The van der Waals surface area contributed by atoms with Gasteiger partial charge in [0.2, 0.25) is 5.79 Å². The maximum atomic E-state index is 11.3. The number of carbonyl (C=O) groups is 1. The van der Waals surface area contributed by atoms with E-state index in [0.717, 1.165) is 5.56 Å². The molecule has 0 unspecified atom stereocenters. The zero-order chi connectivity index (χ0) is 14.0. The van der Waals surface area contributed by atoms with Crippen molar-refractivity contribution in [3.63, 3.8) is 0 Å². The van der Waals surface area contributed by atoms with Crippen LogP contribution in [-0.4, -0.2) is 23.5 Å². The van der Waals surface area contributed by atoms with Crippen molar-refractivity contribution in [3.8, 4) is 5.75 Å². The average molecular weight is 263 g/mol. The van der Waals surface area contributed by atoms with E-state index in [2.05, 4.69) is 6.58 Å². The minimum Gasteiger partial charge on any atom is -0.465 e. The first-order valence-electron chi connectivity index (χ1n) is 6.01. The van der Waals surface area contributed by atoms with Gasteiger partial charge in [-0.2, -0.15) is 0 Å². The monoisotopic (exact) mass is 263 g/mol. The first-order chi connectivity index (χ1) is 8.94. The number of ether oxygens (including phenoxy) is 2. The fourth-order valence-electron chi connectivity index (χ4n) is 1.95. The predicted octanol–water partition coefficient (Wildman–Crippen LogP) is 3.00. The minimum absolute atomic E-state index is 0.205. The first-order valence-corrected chi connectivity index (χ1v) is 6.01. The van der Waals surface area contributed by atoms with Crippen molar-refractivity contribution in [2.75, 3.05) is 11.4 Å². The molecule has 0 saturated heterocycles. The van der Waals surface area contributed by atoms with Gasteiger partial charge in [-0.25, -0.2) is 4.79 Å². The highest BCUT2D eigenvalue weighted by Gasteiger charge is 2.31. The number of hydrogen-bond acceptors (Lipinski definition) is 3. The molecule has 1 aliphatic heterocycles. The molecule has 1 aliphatic rings. The fourth-order valence-corrected chi connectivity index (χ4v) is 1.95. The Kier molecular flexibility index (Phi) is 3.48. The van der Waals surface area contributed by atoms with E-state index in [9.17, 15) is 9.90 Å². The van der Waals surface area contributed by atoms with E-state index in [-0.39, 0.29) is 6.54 Å². The summed E-state index contributed by atoms with van der Waals surface area (Å²) in [6.07, 6.45) is 0.499. The molecule has 1 amide bonds. The highest BCUT2D eigenvalue weighted by atomic mass is 16.7. The average Bonchev–Trinajstić information content (AvgIpc) is 2.34. The Morgan fingerprint density at radius 2 is 2.32 bits per heavy atom. The molecule has 0 aliphatic carbocycles. The third-order valence-corrected chi connectivity index (χ3v) is 2.83. The van der Waals surface area contributed by atoms with Crippen LogP contribution in [0.1, 0.15) is 19.4 Å². The van der Waals surface area contributed by atoms with Crippen LogP contribution >= 0.6 is 0 Å². The minimum atomic E-state index is -1.04. The van der Waals surface area contributed by atoms with Crippen LogP contribution < -0.4 is 9.64 Å². The summed E-state index contributed by atoms with van der Waals surface area (Å²) in [5.74, 6) is -0.204. The van der Waals surface area contributed by atoms with Crippen LogP contribution in [0, 0.1) is 0 Å². The third-order valence-electron chi connectivity index (χ3n) is 2.83. The van der Waals surface area contributed by atoms with Gasteiger partial charge in [-0.1, -0.05) is 18.2 Å². The Morgan fingerprint density at radius 1 is 1.58 bits per heavy atom. The van der Waals surface area contributed by atoms with E-state index >= 15 is 0 Å². The van der Waals surface area contributed by atoms with Gasteiger partial charge in [0.15, 0.2) is 5.75 Å². The molecule has 5 nitrogen and oxygen atoms in total. The lowest BCUT2D eigenvalue weighted by molar-refractivity contribution is -0.179. The molecular weight excluding hydrogens is 246 g/mol. The molecule has 0 aromatic heterocycles. The van der Waals surface area contributed by atoms with Gasteiger partial charge in [0, 0.05) is 26.0 Å². The summed E-state index contributed by atoms with van der Waals surface area (Å²) >= 11 is 0. The Labute approximate surface area is 112 Å². The second-order valence-corrected chi connectivity index (χ2v) is 4.74. The molecule has 2 rings (SSSR count). The quantitative estimate of drug-likeness (QED) is 0.852. The first kappa shape index (κ1) is 13.4. The van der Waals surface area contributed by atoms with Gasteiger partial charge in [-0.3, -0.25) is 4.90 Å². The summed E-state index contributed by atoms with van der Waals surface area (Å²) in [6.45, 7) is 7.78. The maximum absolute atomic E-state index is 11.3. The van der Waals surface area contributed by atoms with Gasteiger partial charge in [-0.05, 0) is 6.07 Å². The summed E-state index contributed by atoms with van der Waals surface area (Å²) in [4.78, 5) is 12.5. The van der Waals surface area contributed by atoms with Crippen LogP contribution in [0.5, 0.6) is 5.75 Å². The van der Waals surface area contributed by atoms with E-state index < -0.39 is 11.9 Å². The zero-order valence-corrected chi connectivity index (χ0v) is 11.0. The van der Waals surface area contributed by atoms with Crippen molar-refractivity contribution < 1.29 is 19.4 Å². The molecule has 5 heteroatoms. The lowest BCUT2D eigenvalue weighted by Gasteiger charge is -2.35. The molecule has 0 fully saturated rings. The Bertz CT molecular complexity index is 510. The summed E-state index contributed by atoms with van der Waals surface area (Å²) in [6, 6.07) is 5.37. The Balaban J connectivity index is 2.46. The zero-order valence-electron chi connectivity index (χ0n) is 11.0. The molecule has 102 valence electrons. The topological polar surface area (TPSA) is 59.0 Å². The molecular formula is C14H17NO4. The van der Waals surface area contributed by atoms with E-state index in [0.29, 0.717) is 18.0 Å². The molecule has 0 bridgehead atoms. The molecule has 0 spiro atoms. The summed E-state index contributed by atoms with van der Waals surface area (Å²) < 4.78 is 11.3. The fraction of sp³-hybridized carbons (Fsp3) is 0.357. The highest BCUT2D eigenvalue weighted by Crippen LogP contribution is 2.39. The second-order valence-electron chi connectivity index (χ2n) is 4.74. The number of hydrogen-bond donors (Lipinski definition) is 1. The molecule has 19 heavy (non-hydrogen) atoms. The summed E-state index contributed by atoms with van der Waals surface area (Å²) in [5.41, 5.74) is 1.36. The number of nitrogens with zero attached hydrogens (tertiary/aromatic N) is 1. The molecule has 0 atom stereocenters. The van der Waals surface area contributed by atoms with Crippen LogP contribution in [0.3, 0.4) is 0 Å². The van der Waals surface area contributed by atoms with Crippen molar-refractivity contribution >= 4 is 11.8 Å². The number of fused-ring (bicyclic) bond motifs is 1. The van der Waals surface area contributed by atoms with Crippen LogP contribution in [-0.2, 0) is 11.3 Å². The Morgan fingerprint density at radius 3 is 2.95 bits per heavy atom. The molecule has 1 aromatic rings. The van der Waals surface area contributed by atoms with E-state index in [1.807, 2.05) is 6.07 Å². The largest absolute Gasteiger partial charge is 0.465 e. The normalized spacial score (nSPS) is 16.1. The van der Waals surface area contributed by atoms with E-state index in [4.69, 9.17) is 9.47 Å². The van der Waals surface area contributed by atoms with Gasteiger partial charge in [0.05, 0.1) is 12.3 Å². The van der Waals surface area contributed by atoms with Crippen LogP contribution in [0.2, 0.25) is 0 Å². The molecule has 1 N–H and O–H groups in total. The predicted molar refractivity (Wildman–Crippen MR) is 71.5 cm³/mol. The van der Waals surface area contributed by atoms with Crippen molar-refractivity contribution in [2.24, 2.45) is 0 Å². The van der Waals surface area contributed by atoms with Gasteiger partial charge >= 0.3 is 6.09 Å². The van der Waals surface area contributed by atoms with Crippen molar-refractivity contribution in [3.05, 3.63) is 36.4 Å². The molecule has 1 aromatic carbocycles.